The second kappa shape index (κ2) is 6.60. The van der Waals surface area contributed by atoms with Gasteiger partial charge in [0.05, 0.1) is 12.6 Å². The van der Waals surface area contributed by atoms with E-state index in [0.29, 0.717) is 10.1 Å². The molecule has 2 fully saturated rings. The summed E-state index contributed by atoms with van der Waals surface area (Å²) >= 11 is 0. The van der Waals surface area contributed by atoms with Gasteiger partial charge < -0.3 is 9.80 Å². The fraction of sp³-hybridized carbons (Fsp3) is 0.727. The van der Waals surface area contributed by atoms with E-state index in [1.54, 1.807) is 14.1 Å². The van der Waals surface area contributed by atoms with E-state index in [1.807, 2.05) is 0 Å². The van der Waals surface area contributed by atoms with Crippen LogP contribution in [0.4, 0.5) is 4.79 Å². The monoisotopic (exact) mass is 365 g/mol. The Hall–Kier alpha value is -1.80. The molecule has 2 heterocycles. The van der Waals surface area contributed by atoms with E-state index in [9.17, 15) is 22.8 Å². The maximum Gasteiger partial charge on any atom is 0.418 e. The molecule has 0 aromatic rings. The third-order valence-electron chi connectivity index (χ3n) is 3.74. The lowest BCUT2D eigenvalue weighted by molar-refractivity contribution is -0.148. The Labute approximate surface area is 138 Å². The summed E-state index contributed by atoms with van der Waals surface area (Å²) in [7, 11) is -1.59. The van der Waals surface area contributed by atoms with Gasteiger partial charge in [-0.2, -0.15) is 13.5 Å². The lowest BCUT2D eigenvalue weighted by atomic mass is 10.00. The molecule has 12 nitrogen and oxygen atoms in total. The molecule has 4 amide bonds. The minimum Gasteiger partial charge on any atom is -0.309 e. The Balaban J connectivity index is 2.11. The molecule has 24 heavy (non-hydrogen) atoms. The maximum atomic E-state index is 12.4. The minimum atomic E-state index is -4.86. The number of piperidine rings is 1. The topological polar surface area (TPSA) is 154 Å². The Kier molecular flexibility index (Phi) is 5.10. The summed E-state index contributed by atoms with van der Waals surface area (Å²) in [5.74, 6) is 4.15. The Morgan fingerprint density at radius 2 is 2.00 bits per heavy atom. The zero-order valence-corrected chi connectivity index (χ0v) is 14.0. The second-order valence-corrected chi connectivity index (χ2v) is 6.85. The molecule has 136 valence electrons. The number of hydroxylamine groups is 2. The summed E-state index contributed by atoms with van der Waals surface area (Å²) in [6.45, 7) is -0.0516. The number of imide groups is 1. The van der Waals surface area contributed by atoms with E-state index in [1.165, 1.54) is 4.90 Å². The zero-order chi connectivity index (χ0) is 18.2. The van der Waals surface area contributed by atoms with E-state index >= 15 is 0 Å². The van der Waals surface area contributed by atoms with E-state index < -0.39 is 40.3 Å². The number of urea groups is 1. The van der Waals surface area contributed by atoms with Crippen LogP contribution in [0.25, 0.3) is 0 Å². The number of amides is 4. The van der Waals surface area contributed by atoms with Crippen molar-refractivity contribution in [2.24, 2.45) is 5.84 Å². The number of fused-ring (bicyclic) bond motifs is 2. The van der Waals surface area contributed by atoms with Gasteiger partial charge in [0.25, 0.3) is 11.8 Å². The van der Waals surface area contributed by atoms with Crippen molar-refractivity contribution in [3.63, 3.8) is 0 Å². The molecule has 3 N–H and O–H groups in total. The lowest BCUT2D eigenvalue weighted by Gasteiger charge is -2.31. The van der Waals surface area contributed by atoms with Crippen molar-refractivity contribution < 1.29 is 31.6 Å². The minimum absolute atomic E-state index is 0.0282. The van der Waals surface area contributed by atoms with Gasteiger partial charge in [-0.25, -0.2) is 15.6 Å². The molecule has 0 spiro atoms. The second-order valence-electron chi connectivity index (χ2n) is 5.85. The van der Waals surface area contributed by atoms with Crippen molar-refractivity contribution in [1.29, 1.82) is 0 Å². The molecule has 0 unspecified atom stereocenters. The molecule has 0 aliphatic carbocycles. The number of nitrogens with two attached hydrogens (primary N) is 1. The quantitative estimate of drug-likeness (QED) is 0.239. The molecule has 0 saturated carbocycles. The highest BCUT2D eigenvalue weighted by molar-refractivity contribution is 7.80. The summed E-state index contributed by atoms with van der Waals surface area (Å²) in [5.41, 5.74) is 0. The molecule has 2 rings (SSSR count). The van der Waals surface area contributed by atoms with Gasteiger partial charge in [-0.05, 0) is 26.9 Å². The first-order valence-corrected chi connectivity index (χ1v) is 8.41. The molecular weight excluding hydrogens is 346 g/mol. The molecular formula is C11H19N5O7S. The number of hydrogen-bond acceptors (Lipinski definition) is 8. The average Bonchev–Trinajstić information content (AvgIpc) is 2.69. The van der Waals surface area contributed by atoms with Crippen LogP contribution in [0.15, 0.2) is 0 Å². The van der Waals surface area contributed by atoms with Crippen LogP contribution in [0, 0.1) is 0 Å². The van der Waals surface area contributed by atoms with Gasteiger partial charge in [-0.15, -0.1) is 4.28 Å². The molecule has 0 aromatic heterocycles. The fourth-order valence-electron chi connectivity index (χ4n) is 2.72. The van der Waals surface area contributed by atoms with Gasteiger partial charge >= 0.3 is 16.4 Å². The largest absolute Gasteiger partial charge is 0.418 e. The van der Waals surface area contributed by atoms with Crippen molar-refractivity contribution in [3.05, 3.63) is 0 Å². The predicted molar refractivity (Wildman–Crippen MR) is 78.0 cm³/mol. The molecule has 0 aromatic carbocycles. The highest BCUT2D eigenvalue weighted by atomic mass is 32.3. The summed E-state index contributed by atoms with van der Waals surface area (Å²) in [6.07, 6.45) is 0.438. The summed E-state index contributed by atoms with van der Waals surface area (Å²) < 4.78 is 34.6. The van der Waals surface area contributed by atoms with Gasteiger partial charge in [0, 0.05) is 6.54 Å². The van der Waals surface area contributed by atoms with Crippen LogP contribution >= 0.6 is 0 Å². The van der Waals surface area contributed by atoms with E-state index in [0.717, 1.165) is 4.90 Å². The average molecular weight is 365 g/mol. The Bertz CT molecular complexity index is 651. The number of hydrogen-bond donors (Lipinski definition) is 2. The molecule has 0 radical (unpaired) electrons. The van der Waals surface area contributed by atoms with Crippen LogP contribution in [0.3, 0.4) is 0 Å². The normalized spacial score (nSPS) is 23.8. The number of rotatable bonds is 5. The first kappa shape index (κ1) is 18.5. The van der Waals surface area contributed by atoms with Crippen molar-refractivity contribution in [2.45, 2.75) is 24.9 Å². The van der Waals surface area contributed by atoms with Gasteiger partial charge in [-0.3, -0.25) is 14.1 Å². The number of carbonyl (C=O) groups excluding carboxylic acids is 3. The standard InChI is InChI=1S/C11H19N5O7S/c1-13(2)6-9(17)15(12)10(18)8-4-3-7-5-14(8)11(19)16(7)23-24(20,21)22/h7-8H,3-6,12H2,1-2H3,(H,20,21,22)/t7-,8+/m0/s1. The fourth-order valence-corrected chi connectivity index (χ4v) is 3.11. The summed E-state index contributed by atoms with van der Waals surface area (Å²) in [5, 5.41) is 0.982. The van der Waals surface area contributed by atoms with E-state index in [4.69, 9.17) is 10.4 Å². The van der Waals surface area contributed by atoms with Crippen LogP contribution in [0.2, 0.25) is 0 Å². The van der Waals surface area contributed by atoms with Gasteiger partial charge in [0.15, 0.2) is 0 Å². The van der Waals surface area contributed by atoms with Crippen LogP contribution in [-0.2, 0) is 24.3 Å². The Morgan fingerprint density at radius 1 is 1.38 bits per heavy atom. The van der Waals surface area contributed by atoms with Crippen LogP contribution in [0.5, 0.6) is 0 Å². The number of carbonyl (C=O) groups is 3. The summed E-state index contributed by atoms with van der Waals surface area (Å²) in [4.78, 5) is 39.1. The third kappa shape index (κ3) is 3.81. The van der Waals surface area contributed by atoms with Gasteiger partial charge in [-0.1, -0.05) is 0 Å². The number of likely N-dealkylation sites (N-methyl/N-ethyl adjacent to an activating group) is 1. The first-order chi connectivity index (χ1) is 11.0. The van der Waals surface area contributed by atoms with Gasteiger partial charge in [0.1, 0.15) is 6.04 Å². The first-order valence-electron chi connectivity index (χ1n) is 7.04. The predicted octanol–water partition coefficient (Wildman–Crippen LogP) is -2.22. The van der Waals surface area contributed by atoms with E-state index in [-0.39, 0.29) is 25.9 Å². The maximum absolute atomic E-state index is 12.4. The number of nitrogens with zero attached hydrogens (tertiary/aromatic N) is 4. The summed E-state index contributed by atoms with van der Waals surface area (Å²) in [6, 6.07) is -2.51. The van der Waals surface area contributed by atoms with Gasteiger partial charge in [0.2, 0.25) is 0 Å². The molecule has 2 aliphatic rings. The van der Waals surface area contributed by atoms with Crippen molar-refractivity contribution in [2.75, 3.05) is 27.2 Å². The van der Waals surface area contributed by atoms with Crippen molar-refractivity contribution in [1.82, 2.24) is 19.9 Å². The molecule has 2 aliphatic heterocycles. The number of hydrazine groups is 1. The van der Waals surface area contributed by atoms with Crippen LogP contribution in [-0.4, -0.2) is 90.0 Å². The molecule has 2 bridgehead atoms. The zero-order valence-electron chi connectivity index (χ0n) is 13.2. The highest BCUT2D eigenvalue weighted by Gasteiger charge is 2.50. The lowest BCUT2D eigenvalue weighted by Crippen LogP contribution is -2.56. The Morgan fingerprint density at radius 3 is 2.54 bits per heavy atom. The SMILES string of the molecule is CN(C)CC(=O)N(N)C(=O)[C@H]1CC[C@H]2CN1C(=O)N2OS(=O)(=O)O. The third-order valence-corrected chi connectivity index (χ3v) is 4.09. The van der Waals surface area contributed by atoms with Crippen molar-refractivity contribution >= 4 is 28.2 Å². The van der Waals surface area contributed by atoms with Crippen molar-refractivity contribution in [3.8, 4) is 0 Å². The van der Waals surface area contributed by atoms with Crippen LogP contribution < -0.4 is 5.84 Å². The molecule has 2 atom stereocenters. The molecule has 13 heteroatoms. The molecule has 2 saturated heterocycles. The highest BCUT2D eigenvalue weighted by Crippen LogP contribution is 2.31. The van der Waals surface area contributed by atoms with E-state index in [2.05, 4.69) is 4.28 Å². The smallest absolute Gasteiger partial charge is 0.309 e. The van der Waals surface area contributed by atoms with Crippen LogP contribution in [0.1, 0.15) is 12.8 Å².